The molecule has 0 aliphatic carbocycles. The first-order valence-corrected chi connectivity index (χ1v) is 7.52. The molecule has 1 aliphatic rings. The van der Waals surface area contributed by atoms with Gasteiger partial charge in [0.1, 0.15) is 0 Å². The fourth-order valence-electron chi connectivity index (χ4n) is 2.48. The lowest BCUT2D eigenvalue weighted by Gasteiger charge is -2.36. The predicted octanol–water partition coefficient (Wildman–Crippen LogP) is 4.17. The van der Waals surface area contributed by atoms with Gasteiger partial charge in [-0.2, -0.15) is 0 Å². The first kappa shape index (κ1) is 13.0. The summed E-state index contributed by atoms with van der Waals surface area (Å²) in [6, 6.07) is 7.41. The highest BCUT2D eigenvalue weighted by molar-refractivity contribution is 8.00. The summed E-state index contributed by atoms with van der Waals surface area (Å²) in [6.45, 7) is 10.2. The molecule has 0 fully saturated rings. The van der Waals surface area contributed by atoms with Crippen LogP contribution >= 0.6 is 11.8 Å². The Morgan fingerprint density at radius 3 is 2.76 bits per heavy atom. The Balaban J connectivity index is 2.32. The largest absolute Gasteiger partial charge is 0.310 e. The van der Waals surface area contributed by atoms with Crippen molar-refractivity contribution in [3.63, 3.8) is 0 Å². The van der Waals surface area contributed by atoms with E-state index < -0.39 is 0 Å². The molecule has 94 valence electrons. The zero-order chi connectivity index (χ0) is 12.4. The summed E-state index contributed by atoms with van der Waals surface area (Å²) in [5, 5.41) is 4.42. The first-order chi connectivity index (χ1) is 8.13. The number of rotatable bonds is 3. The van der Waals surface area contributed by atoms with E-state index in [9.17, 15) is 0 Å². The highest BCUT2D eigenvalue weighted by Gasteiger charge is 2.31. The van der Waals surface area contributed by atoms with E-state index in [1.165, 1.54) is 22.4 Å². The maximum Gasteiger partial charge on any atom is 0.0367 e. The molecule has 1 aromatic carbocycles. The highest BCUT2D eigenvalue weighted by Crippen LogP contribution is 2.44. The van der Waals surface area contributed by atoms with E-state index in [-0.39, 0.29) is 0 Å². The average Bonchev–Trinajstić information content (AvgIpc) is 2.31. The highest BCUT2D eigenvalue weighted by atomic mass is 32.2. The summed E-state index contributed by atoms with van der Waals surface area (Å²) >= 11 is 2.03. The molecular formula is C15H23NS. The molecule has 2 rings (SSSR count). The van der Waals surface area contributed by atoms with Gasteiger partial charge in [0.2, 0.25) is 0 Å². The Morgan fingerprint density at radius 2 is 2.06 bits per heavy atom. The molecular weight excluding hydrogens is 226 g/mol. The van der Waals surface area contributed by atoms with Gasteiger partial charge in [-0.3, -0.25) is 0 Å². The molecule has 1 N–H and O–H groups in total. The van der Waals surface area contributed by atoms with Crippen molar-refractivity contribution < 1.29 is 0 Å². The summed E-state index contributed by atoms with van der Waals surface area (Å²) in [5.41, 5.74) is 2.88. The minimum atomic E-state index is 0.529. The fraction of sp³-hybridized carbons (Fsp3) is 0.600. The van der Waals surface area contributed by atoms with E-state index >= 15 is 0 Å². The molecule has 0 aromatic heterocycles. The lowest BCUT2D eigenvalue weighted by atomic mass is 9.90. The molecule has 3 unspecified atom stereocenters. The third kappa shape index (κ3) is 2.69. The van der Waals surface area contributed by atoms with Crippen LogP contribution in [0.1, 0.15) is 44.4 Å². The van der Waals surface area contributed by atoms with Crippen molar-refractivity contribution >= 4 is 11.8 Å². The summed E-state index contributed by atoms with van der Waals surface area (Å²) in [5.74, 6) is 0.695. The second-order valence-electron chi connectivity index (χ2n) is 5.16. The van der Waals surface area contributed by atoms with Crippen molar-refractivity contribution in [3.05, 3.63) is 29.3 Å². The number of benzene rings is 1. The first-order valence-electron chi connectivity index (χ1n) is 6.64. The van der Waals surface area contributed by atoms with Crippen molar-refractivity contribution in [2.45, 2.75) is 50.3 Å². The molecule has 0 saturated heterocycles. The van der Waals surface area contributed by atoms with Crippen molar-refractivity contribution in [1.82, 2.24) is 5.32 Å². The second-order valence-corrected chi connectivity index (χ2v) is 6.57. The van der Waals surface area contributed by atoms with Crippen LogP contribution in [0.15, 0.2) is 23.1 Å². The standard InChI is InChI=1S/C15H23NS/c1-5-8-16-15-11(3)12(4)17-14-7-6-10(2)9-13(14)15/h6-7,9,11-12,15-16H,5,8H2,1-4H3. The summed E-state index contributed by atoms with van der Waals surface area (Å²) in [4.78, 5) is 1.47. The third-order valence-corrected chi connectivity index (χ3v) is 5.12. The van der Waals surface area contributed by atoms with Gasteiger partial charge in [0.25, 0.3) is 0 Å². The molecule has 0 spiro atoms. The lowest BCUT2D eigenvalue weighted by molar-refractivity contribution is 0.373. The maximum absolute atomic E-state index is 3.72. The molecule has 3 atom stereocenters. The SMILES string of the molecule is CCCNC1c2cc(C)ccc2SC(C)C1C. The van der Waals surface area contributed by atoms with Crippen molar-refractivity contribution in [2.24, 2.45) is 5.92 Å². The predicted molar refractivity (Wildman–Crippen MR) is 76.7 cm³/mol. The van der Waals surface area contributed by atoms with Crippen LogP contribution in [0, 0.1) is 12.8 Å². The van der Waals surface area contributed by atoms with Gasteiger partial charge in [0.05, 0.1) is 0 Å². The zero-order valence-electron chi connectivity index (χ0n) is 11.3. The Kier molecular flexibility index (Phi) is 4.16. The van der Waals surface area contributed by atoms with E-state index in [4.69, 9.17) is 0 Å². The minimum absolute atomic E-state index is 0.529. The van der Waals surface area contributed by atoms with Crippen molar-refractivity contribution in [1.29, 1.82) is 0 Å². The Hall–Kier alpha value is -0.470. The van der Waals surface area contributed by atoms with Crippen molar-refractivity contribution in [2.75, 3.05) is 6.54 Å². The van der Waals surface area contributed by atoms with E-state index in [0.717, 1.165) is 6.54 Å². The molecule has 17 heavy (non-hydrogen) atoms. The van der Waals surface area contributed by atoms with Crippen molar-refractivity contribution in [3.8, 4) is 0 Å². The van der Waals surface area contributed by atoms with Gasteiger partial charge >= 0.3 is 0 Å². The quantitative estimate of drug-likeness (QED) is 0.863. The fourth-order valence-corrected chi connectivity index (χ4v) is 3.72. The third-order valence-electron chi connectivity index (χ3n) is 3.69. The van der Waals surface area contributed by atoms with Crippen LogP contribution in [0.5, 0.6) is 0 Å². The summed E-state index contributed by atoms with van der Waals surface area (Å²) < 4.78 is 0. The van der Waals surface area contributed by atoms with Crippen LogP contribution in [-0.4, -0.2) is 11.8 Å². The van der Waals surface area contributed by atoms with Crippen LogP contribution in [0.4, 0.5) is 0 Å². The van der Waals surface area contributed by atoms with Gasteiger partial charge in [-0.15, -0.1) is 11.8 Å². The summed E-state index contributed by atoms with van der Waals surface area (Å²) in [7, 11) is 0. The normalized spacial score (nSPS) is 27.9. The maximum atomic E-state index is 3.72. The molecule has 1 aromatic rings. The second kappa shape index (κ2) is 5.45. The molecule has 0 radical (unpaired) electrons. The zero-order valence-corrected chi connectivity index (χ0v) is 12.1. The van der Waals surface area contributed by atoms with Gasteiger partial charge < -0.3 is 5.32 Å². The van der Waals surface area contributed by atoms with E-state index in [1.54, 1.807) is 0 Å². The van der Waals surface area contributed by atoms with Crippen LogP contribution < -0.4 is 5.32 Å². The Morgan fingerprint density at radius 1 is 1.29 bits per heavy atom. The number of thioether (sulfide) groups is 1. The molecule has 0 bridgehead atoms. The molecule has 2 heteroatoms. The van der Waals surface area contributed by atoms with Gasteiger partial charge in [-0.05, 0) is 37.4 Å². The number of aryl methyl sites for hydroxylation is 1. The minimum Gasteiger partial charge on any atom is -0.310 e. The monoisotopic (exact) mass is 249 g/mol. The van der Waals surface area contributed by atoms with Crippen LogP contribution in [0.3, 0.4) is 0 Å². The summed E-state index contributed by atoms with van der Waals surface area (Å²) in [6.07, 6.45) is 1.20. The number of hydrogen-bond acceptors (Lipinski definition) is 2. The lowest BCUT2D eigenvalue weighted by Crippen LogP contribution is -2.35. The topological polar surface area (TPSA) is 12.0 Å². The van der Waals surface area contributed by atoms with Crippen LogP contribution in [-0.2, 0) is 0 Å². The molecule has 0 saturated carbocycles. The molecule has 0 amide bonds. The van der Waals surface area contributed by atoms with E-state index in [2.05, 4.69) is 51.2 Å². The van der Waals surface area contributed by atoms with E-state index in [0.29, 0.717) is 17.2 Å². The smallest absolute Gasteiger partial charge is 0.0367 e. The van der Waals surface area contributed by atoms with Gasteiger partial charge in [0.15, 0.2) is 0 Å². The van der Waals surface area contributed by atoms with Gasteiger partial charge in [0, 0.05) is 16.2 Å². The number of fused-ring (bicyclic) bond motifs is 1. The number of hydrogen-bond donors (Lipinski definition) is 1. The molecule has 1 nitrogen and oxygen atoms in total. The molecule has 1 aliphatic heterocycles. The average molecular weight is 249 g/mol. The molecule has 1 heterocycles. The van der Waals surface area contributed by atoms with Gasteiger partial charge in [-0.1, -0.05) is 38.5 Å². The van der Waals surface area contributed by atoms with Gasteiger partial charge in [-0.25, -0.2) is 0 Å². The van der Waals surface area contributed by atoms with Crippen LogP contribution in [0.2, 0.25) is 0 Å². The Bertz CT molecular complexity index is 389. The Labute approximate surface area is 109 Å². The van der Waals surface area contributed by atoms with Crippen LogP contribution in [0.25, 0.3) is 0 Å². The number of nitrogens with one attached hydrogen (secondary N) is 1. The van der Waals surface area contributed by atoms with E-state index in [1.807, 2.05) is 11.8 Å².